The molecule has 0 spiro atoms. The van der Waals surface area contributed by atoms with Gasteiger partial charge in [-0.15, -0.1) is 0 Å². The number of aromatic nitrogens is 2. The van der Waals surface area contributed by atoms with Gasteiger partial charge < -0.3 is 14.5 Å². The topological polar surface area (TPSA) is 50.6 Å². The number of nitrogens with zero attached hydrogens (tertiary/aromatic N) is 4. The Bertz CT molecular complexity index is 1110. The number of piperazine rings is 1. The van der Waals surface area contributed by atoms with Crippen LogP contribution in [0.5, 0.6) is 5.75 Å². The summed E-state index contributed by atoms with van der Waals surface area (Å²) in [6.45, 7) is 4.28. The molecule has 3 aromatic rings. The highest BCUT2D eigenvalue weighted by molar-refractivity contribution is 7.99. The van der Waals surface area contributed by atoms with Gasteiger partial charge in [0.2, 0.25) is 0 Å². The molecule has 0 atom stereocenters. The van der Waals surface area contributed by atoms with Crippen molar-refractivity contribution >= 4 is 23.3 Å². The van der Waals surface area contributed by atoms with Crippen LogP contribution in [-0.2, 0) is 13.0 Å². The van der Waals surface area contributed by atoms with Crippen molar-refractivity contribution in [2.45, 2.75) is 18.1 Å². The normalized spacial score (nSPS) is 15.8. The molecule has 0 amide bonds. The Hall–Kier alpha value is -2.93. The van der Waals surface area contributed by atoms with Crippen molar-refractivity contribution in [3.63, 3.8) is 0 Å². The lowest BCUT2D eigenvalue weighted by molar-refractivity contribution is 0.414. The molecule has 2 aromatic carbocycles. The van der Waals surface area contributed by atoms with Crippen LogP contribution in [0, 0.1) is 0 Å². The van der Waals surface area contributed by atoms with Crippen molar-refractivity contribution in [1.29, 1.82) is 0 Å². The highest BCUT2D eigenvalue weighted by atomic mass is 32.2. The van der Waals surface area contributed by atoms with Crippen LogP contribution < -0.4 is 20.1 Å². The molecule has 0 aliphatic carbocycles. The van der Waals surface area contributed by atoms with E-state index in [1.807, 2.05) is 34.9 Å². The summed E-state index contributed by atoms with van der Waals surface area (Å²) in [4.78, 5) is 23.0. The SMILES string of the molecule is COc1ccc(Cc2c(N3CCN(c4ccccc4)CC3)nc3n(c2=O)CCS3)cc1. The zero-order chi connectivity index (χ0) is 21.2. The second-order valence-corrected chi connectivity index (χ2v) is 8.90. The van der Waals surface area contributed by atoms with Crippen molar-refractivity contribution in [2.75, 3.05) is 48.8 Å². The van der Waals surface area contributed by atoms with Crippen LogP contribution in [0.4, 0.5) is 11.5 Å². The molecule has 31 heavy (non-hydrogen) atoms. The molecule has 0 bridgehead atoms. The Morgan fingerprint density at radius 1 is 0.935 bits per heavy atom. The monoisotopic (exact) mass is 434 g/mol. The van der Waals surface area contributed by atoms with E-state index in [2.05, 4.69) is 34.1 Å². The molecular formula is C24H26N4O2S. The fourth-order valence-electron chi connectivity index (χ4n) is 4.28. The minimum atomic E-state index is 0.103. The van der Waals surface area contributed by atoms with Gasteiger partial charge in [0.05, 0.1) is 12.7 Å². The predicted octanol–water partition coefficient (Wildman–Crippen LogP) is 3.28. The third kappa shape index (κ3) is 4.02. The number of ether oxygens (including phenoxy) is 1. The predicted molar refractivity (Wildman–Crippen MR) is 126 cm³/mol. The van der Waals surface area contributed by atoms with E-state index in [0.717, 1.165) is 66.3 Å². The summed E-state index contributed by atoms with van der Waals surface area (Å²) >= 11 is 1.68. The van der Waals surface area contributed by atoms with Crippen molar-refractivity contribution in [1.82, 2.24) is 9.55 Å². The number of hydrogen-bond donors (Lipinski definition) is 0. The Balaban J connectivity index is 1.44. The van der Waals surface area contributed by atoms with Gasteiger partial charge in [-0.1, -0.05) is 42.1 Å². The van der Waals surface area contributed by atoms with Crippen LogP contribution in [0.3, 0.4) is 0 Å². The number of benzene rings is 2. The number of hydrogen-bond acceptors (Lipinski definition) is 6. The fourth-order valence-corrected chi connectivity index (χ4v) is 5.22. The van der Waals surface area contributed by atoms with E-state index >= 15 is 0 Å². The molecule has 1 aromatic heterocycles. The molecule has 5 rings (SSSR count). The number of rotatable bonds is 5. The molecule has 3 heterocycles. The molecule has 6 nitrogen and oxygen atoms in total. The Labute approximate surface area is 186 Å². The summed E-state index contributed by atoms with van der Waals surface area (Å²) < 4.78 is 7.12. The zero-order valence-corrected chi connectivity index (χ0v) is 18.5. The van der Waals surface area contributed by atoms with E-state index in [1.54, 1.807) is 18.9 Å². The first-order valence-corrected chi connectivity index (χ1v) is 11.7. The van der Waals surface area contributed by atoms with Gasteiger partial charge in [-0.2, -0.15) is 0 Å². The van der Waals surface area contributed by atoms with Crippen molar-refractivity contribution < 1.29 is 4.74 Å². The van der Waals surface area contributed by atoms with Crippen molar-refractivity contribution in [2.24, 2.45) is 0 Å². The lowest BCUT2D eigenvalue weighted by atomic mass is 10.1. The quantitative estimate of drug-likeness (QED) is 0.575. The highest BCUT2D eigenvalue weighted by Crippen LogP contribution is 2.28. The number of thioether (sulfide) groups is 1. The third-order valence-electron chi connectivity index (χ3n) is 5.99. The van der Waals surface area contributed by atoms with E-state index in [4.69, 9.17) is 9.72 Å². The molecule has 1 fully saturated rings. The molecule has 0 radical (unpaired) electrons. The lowest BCUT2D eigenvalue weighted by Crippen LogP contribution is -2.48. The summed E-state index contributed by atoms with van der Waals surface area (Å²) in [5.41, 5.74) is 3.24. The second-order valence-electron chi connectivity index (χ2n) is 7.84. The molecule has 2 aliphatic heterocycles. The Morgan fingerprint density at radius 2 is 1.65 bits per heavy atom. The third-order valence-corrected chi connectivity index (χ3v) is 6.95. The lowest BCUT2D eigenvalue weighted by Gasteiger charge is -2.37. The van der Waals surface area contributed by atoms with Crippen LogP contribution in [0.15, 0.2) is 64.5 Å². The molecule has 0 unspecified atom stereocenters. The molecule has 2 aliphatic rings. The van der Waals surface area contributed by atoms with E-state index < -0.39 is 0 Å². The number of anilines is 2. The zero-order valence-electron chi connectivity index (χ0n) is 17.7. The van der Waals surface area contributed by atoms with Crippen LogP contribution >= 0.6 is 11.8 Å². The Morgan fingerprint density at radius 3 is 2.35 bits per heavy atom. The molecule has 0 saturated carbocycles. The molecule has 0 N–H and O–H groups in total. The molecular weight excluding hydrogens is 408 g/mol. The van der Waals surface area contributed by atoms with Crippen LogP contribution in [-0.4, -0.2) is 48.6 Å². The van der Waals surface area contributed by atoms with Gasteiger partial charge in [0.1, 0.15) is 11.6 Å². The van der Waals surface area contributed by atoms with Crippen LogP contribution in [0.1, 0.15) is 11.1 Å². The van der Waals surface area contributed by atoms with Crippen molar-refractivity contribution in [3.8, 4) is 5.75 Å². The molecule has 160 valence electrons. The summed E-state index contributed by atoms with van der Waals surface area (Å²) in [5.74, 6) is 2.59. The maximum Gasteiger partial charge on any atom is 0.259 e. The smallest absolute Gasteiger partial charge is 0.259 e. The molecule has 7 heteroatoms. The first-order chi connectivity index (χ1) is 15.2. The average molecular weight is 435 g/mol. The maximum absolute atomic E-state index is 13.4. The van der Waals surface area contributed by atoms with Gasteiger partial charge in [0.25, 0.3) is 5.56 Å². The van der Waals surface area contributed by atoms with Gasteiger partial charge in [-0.25, -0.2) is 4.98 Å². The van der Waals surface area contributed by atoms with E-state index in [-0.39, 0.29) is 5.56 Å². The van der Waals surface area contributed by atoms with E-state index in [1.165, 1.54) is 5.69 Å². The summed E-state index contributed by atoms with van der Waals surface area (Å²) in [6, 6.07) is 18.5. The van der Waals surface area contributed by atoms with Gasteiger partial charge in [0, 0.05) is 50.6 Å². The first kappa shape index (κ1) is 20.0. The Kier molecular flexibility index (Phi) is 5.59. The minimum Gasteiger partial charge on any atom is -0.497 e. The largest absolute Gasteiger partial charge is 0.497 e. The maximum atomic E-state index is 13.4. The number of fused-ring (bicyclic) bond motifs is 1. The molecule has 1 saturated heterocycles. The minimum absolute atomic E-state index is 0.103. The first-order valence-electron chi connectivity index (χ1n) is 10.7. The van der Waals surface area contributed by atoms with Crippen LogP contribution in [0.25, 0.3) is 0 Å². The second kappa shape index (κ2) is 8.67. The summed E-state index contributed by atoms with van der Waals surface area (Å²) in [7, 11) is 1.66. The summed E-state index contributed by atoms with van der Waals surface area (Å²) in [5, 5.41) is 0.851. The highest BCUT2D eigenvalue weighted by Gasteiger charge is 2.26. The number of para-hydroxylation sites is 1. The van der Waals surface area contributed by atoms with Gasteiger partial charge in [-0.3, -0.25) is 9.36 Å². The van der Waals surface area contributed by atoms with E-state index in [0.29, 0.717) is 6.42 Å². The van der Waals surface area contributed by atoms with Crippen molar-refractivity contribution in [3.05, 3.63) is 76.1 Å². The fraction of sp³-hybridized carbons (Fsp3) is 0.333. The van der Waals surface area contributed by atoms with Gasteiger partial charge >= 0.3 is 0 Å². The number of methoxy groups -OCH3 is 1. The van der Waals surface area contributed by atoms with Gasteiger partial charge in [0.15, 0.2) is 5.16 Å². The van der Waals surface area contributed by atoms with Crippen LogP contribution in [0.2, 0.25) is 0 Å². The average Bonchev–Trinajstić information content (AvgIpc) is 3.31. The van der Waals surface area contributed by atoms with Gasteiger partial charge in [-0.05, 0) is 29.8 Å². The summed E-state index contributed by atoms with van der Waals surface area (Å²) in [6.07, 6.45) is 0.578. The van der Waals surface area contributed by atoms with E-state index in [9.17, 15) is 4.79 Å². The standard InChI is InChI=1S/C24H26N4O2S/c1-30-20-9-7-18(8-10-20)17-21-22(25-24-28(23(21)29)15-16-31-24)27-13-11-26(12-14-27)19-5-3-2-4-6-19/h2-10H,11-17H2,1H3.